The lowest BCUT2D eigenvalue weighted by Crippen LogP contribution is -1.92. The van der Waals surface area contributed by atoms with E-state index in [1.165, 1.54) is 0 Å². The molecule has 18 heavy (non-hydrogen) atoms. The highest BCUT2D eigenvalue weighted by molar-refractivity contribution is 5.95. The Balaban J connectivity index is 2.18. The third kappa shape index (κ3) is 1.71. The van der Waals surface area contributed by atoms with E-state index in [0.717, 1.165) is 27.8 Å². The van der Waals surface area contributed by atoms with Gasteiger partial charge in [-0.3, -0.25) is 14.9 Å². The van der Waals surface area contributed by atoms with Gasteiger partial charge in [0, 0.05) is 29.0 Å². The second-order valence-corrected chi connectivity index (χ2v) is 3.83. The first-order chi connectivity index (χ1) is 8.88. The lowest BCUT2D eigenvalue weighted by molar-refractivity contribution is -0.105. The molecule has 0 atom stereocenters. The maximum absolute atomic E-state index is 10.5. The first-order valence-corrected chi connectivity index (χ1v) is 5.47. The lowest BCUT2D eigenvalue weighted by atomic mass is 10.1. The van der Waals surface area contributed by atoms with Crippen molar-refractivity contribution in [2.24, 2.45) is 0 Å². The second kappa shape index (κ2) is 4.29. The van der Waals surface area contributed by atoms with Gasteiger partial charge in [0.05, 0.1) is 5.52 Å². The summed E-state index contributed by atoms with van der Waals surface area (Å²) in [6.45, 7) is 0. The molecule has 1 aromatic carbocycles. The Morgan fingerprint density at radius 1 is 1.17 bits per heavy atom. The topological polar surface area (TPSA) is 70.7 Å². The normalized spacial score (nSPS) is 10.4. The zero-order valence-corrected chi connectivity index (χ0v) is 9.42. The highest BCUT2D eigenvalue weighted by atomic mass is 16.1. The van der Waals surface area contributed by atoms with Gasteiger partial charge in [0.15, 0.2) is 0 Å². The van der Waals surface area contributed by atoms with E-state index in [9.17, 15) is 4.79 Å². The molecule has 0 saturated carbocycles. The van der Waals surface area contributed by atoms with E-state index in [2.05, 4.69) is 20.5 Å². The minimum absolute atomic E-state index is 0.660. The smallest absolute Gasteiger partial charge is 0.211 e. The van der Waals surface area contributed by atoms with E-state index in [1.54, 1.807) is 12.4 Å². The molecule has 0 fully saturated rings. The fourth-order valence-corrected chi connectivity index (χ4v) is 1.90. The van der Waals surface area contributed by atoms with E-state index in [0.29, 0.717) is 6.41 Å². The van der Waals surface area contributed by atoms with Crippen LogP contribution in [0.1, 0.15) is 0 Å². The zero-order valence-electron chi connectivity index (χ0n) is 9.42. The van der Waals surface area contributed by atoms with Gasteiger partial charge in [0.25, 0.3) is 0 Å². The van der Waals surface area contributed by atoms with Crippen molar-refractivity contribution < 1.29 is 4.79 Å². The average Bonchev–Trinajstić information content (AvgIpc) is 2.83. The molecule has 0 bridgehead atoms. The zero-order chi connectivity index (χ0) is 12.4. The Morgan fingerprint density at radius 2 is 2.00 bits per heavy atom. The molecular weight excluding hydrogens is 228 g/mol. The Morgan fingerprint density at radius 3 is 2.78 bits per heavy atom. The SMILES string of the molecule is O=CNc1ccc2[nH]nc(-c3ccncc3)c2c1. The first kappa shape index (κ1) is 10.5. The molecule has 0 spiro atoms. The summed E-state index contributed by atoms with van der Waals surface area (Å²) in [7, 11) is 0. The predicted molar refractivity (Wildman–Crippen MR) is 69.0 cm³/mol. The maximum Gasteiger partial charge on any atom is 0.211 e. The molecule has 0 radical (unpaired) electrons. The summed E-state index contributed by atoms with van der Waals surface area (Å²) in [6, 6.07) is 9.40. The second-order valence-electron chi connectivity index (χ2n) is 3.83. The molecule has 3 rings (SSSR count). The van der Waals surface area contributed by atoms with E-state index >= 15 is 0 Å². The van der Waals surface area contributed by atoms with Crippen molar-refractivity contribution in [2.45, 2.75) is 0 Å². The molecule has 5 heteroatoms. The number of rotatable bonds is 3. The molecular formula is C13H10N4O. The van der Waals surface area contributed by atoms with Crippen molar-refractivity contribution in [1.82, 2.24) is 15.2 Å². The van der Waals surface area contributed by atoms with Crippen LogP contribution in [0.25, 0.3) is 22.2 Å². The third-order valence-electron chi connectivity index (χ3n) is 2.74. The van der Waals surface area contributed by atoms with Crippen molar-refractivity contribution in [3.63, 3.8) is 0 Å². The van der Waals surface area contributed by atoms with Gasteiger partial charge < -0.3 is 5.32 Å². The maximum atomic E-state index is 10.5. The minimum Gasteiger partial charge on any atom is -0.329 e. The van der Waals surface area contributed by atoms with Crippen molar-refractivity contribution in [2.75, 3.05) is 5.32 Å². The Labute approximate surface area is 103 Å². The molecule has 3 aromatic rings. The average molecular weight is 238 g/mol. The number of aromatic nitrogens is 3. The van der Waals surface area contributed by atoms with E-state index in [-0.39, 0.29) is 0 Å². The molecule has 2 aromatic heterocycles. The Hall–Kier alpha value is -2.69. The summed E-state index contributed by atoms with van der Waals surface area (Å²) < 4.78 is 0. The van der Waals surface area contributed by atoms with E-state index < -0.39 is 0 Å². The number of nitrogens with one attached hydrogen (secondary N) is 2. The van der Waals surface area contributed by atoms with Gasteiger partial charge in [-0.25, -0.2) is 0 Å². The summed E-state index contributed by atoms with van der Waals surface area (Å²) in [6.07, 6.45) is 4.11. The molecule has 0 aliphatic rings. The van der Waals surface area contributed by atoms with Crippen molar-refractivity contribution in [3.05, 3.63) is 42.7 Å². The first-order valence-electron chi connectivity index (χ1n) is 5.47. The highest BCUT2D eigenvalue weighted by Gasteiger charge is 2.08. The molecule has 0 unspecified atom stereocenters. The number of hydrogen-bond acceptors (Lipinski definition) is 3. The number of hydrogen-bond donors (Lipinski definition) is 2. The van der Waals surface area contributed by atoms with E-state index in [1.807, 2.05) is 30.3 Å². The molecule has 0 aliphatic heterocycles. The van der Waals surface area contributed by atoms with Gasteiger partial charge in [-0.05, 0) is 30.3 Å². The van der Waals surface area contributed by atoms with Gasteiger partial charge in [0.2, 0.25) is 6.41 Å². The minimum atomic E-state index is 0.660. The fourth-order valence-electron chi connectivity index (χ4n) is 1.90. The summed E-state index contributed by atoms with van der Waals surface area (Å²) in [5.74, 6) is 0. The van der Waals surface area contributed by atoms with Crippen LogP contribution in [0, 0.1) is 0 Å². The van der Waals surface area contributed by atoms with Gasteiger partial charge in [-0.2, -0.15) is 5.10 Å². The van der Waals surface area contributed by atoms with Crippen LogP contribution in [0.5, 0.6) is 0 Å². The Kier molecular flexibility index (Phi) is 2.49. The van der Waals surface area contributed by atoms with Gasteiger partial charge in [-0.1, -0.05) is 0 Å². The number of carbonyl (C=O) groups excluding carboxylic acids is 1. The molecule has 1 amide bonds. The molecule has 0 aliphatic carbocycles. The lowest BCUT2D eigenvalue weighted by Gasteiger charge is -2.00. The Bertz CT molecular complexity index is 691. The summed E-state index contributed by atoms with van der Waals surface area (Å²) in [5, 5.41) is 10.9. The molecule has 2 N–H and O–H groups in total. The number of benzene rings is 1. The molecule has 0 saturated heterocycles. The highest BCUT2D eigenvalue weighted by Crippen LogP contribution is 2.27. The molecule has 2 heterocycles. The number of fused-ring (bicyclic) bond motifs is 1. The fraction of sp³-hybridized carbons (Fsp3) is 0. The number of aromatic amines is 1. The number of nitrogens with zero attached hydrogens (tertiary/aromatic N) is 2. The molecule has 88 valence electrons. The largest absolute Gasteiger partial charge is 0.329 e. The summed E-state index contributed by atoms with van der Waals surface area (Å²) in [5.41, 5.74) is 3.51. The van der Waals surface area contributed by atoms with Crippen LogP contribution in [0.3, 0.4) is 0 Å². The van der Waals surface area contributed by atoms with Crippen LogP contribution in [-0.4, -0.2) is 21.6 Å². The quantitative estimate of drug-likeness (QED) is 0.687. The van der Waals surface area contributed by atoms with Gasteiger partial charge >= 0.3 is 0 Å². The van der Waals surface area contributed by atoms with Crippen molar-refractivity contribution in [1.29, 1.82) is 0 Å². The number of amides is 1. The third-order valence-corrected chi connectivity index (χ3v) is 2.74. The monoisotopic (exact) mass is 238 g/mol. The number of carbonyl (C=O) groups is 1. The van der Waals surface area contributed by atoms with Crippen LogP contribution < -0.4 is 5.32 Å². The van der Waals surface area contributed by atoms with Crippen molar-refractivity contribution >= 4 is 23.0 Å². The number of H-pyrrole nitrogens is 1. The van der Waals surface area contributed by atoms with E-state index in [4.69, 9.17) is 0 Å². The summed E-state index contributed by atoms with van der Waals surface area (Å²) >= 11 is 0. The number of anilines is 1. The van der Waals surface area contributed by atoms with Crippen LogP contribution in [0.2, 0.25) is 0 Å². The predicted octanol–water partition coefficient (Wildman–Crippen LogP) is 2.19. The van der Waals surface area contributed by atoms with Gasteiger partial charge in [-0.15, -0.1) is 0 Å². The van der Waals surface area contributed by atoms with Crippen LogP contribution in [0.4, 0.5) is 5.69 Å². The van der Waals surface area contributed by atoms with Crippen LogP contribution >= 0.6 is 0 Å². The van der Waals surface area contributed by atoms with Crippen molar-refractivity contribution in [3.8, 4) is 11.3 Å². The molecule has 5 nitrogen and oxygen atoms in total. The standard InChI is InChI=1S/C13H10N4O/c18-8-15-10-1-2-12-11(7-10)13(17-16-12)9-3-5-14-6-4-9/h1-8H,(H,15,18)(H,16,17). The van der Waals surface area contributed by atoms with Gasteiger partial charge in [0.1, 0.15) is 5.69 Å². The number of pyridine rings is 1. The summed E-state index contributed by atoms with van der Waals surface area (Å²) in [4.78, 5) is 14.4. The van der Waals surface area contributed by atoms with Crippen LogP contribution in [0.15, 0.2) is 42.7 Å². The van der Waals surface area contributed by atoms with Crippen LogP contribution in [-0.2, 0) is 4.79 Å².